The van der Waals surface area contributed by atoms with Crippen LogP contribution in [0, 0.1) is 12.3 Å². The van der Waals surface area contributed by atoms with Crippen LogP contribution < -0.4 is 5.32 Å². The quantitative estimate of drug-likeness (QED) is 0.833. The summed E-state index contributed by atoms with van der Waals surface area (Å²) in [5.41, 5.74) is 1.34. The molecule has 2 heteroatoms. The van der Waals surface area contributed by atoms with E-state index >= 15 is 0 Å². The van der Waals surface area contributed by atoms with Gasteiger partial charge in [0.1, 0.15) is 0 Å². The molecule has 1 aromatic rings. The zero-order valence-electron chi connectivity index (χ0n) is 12.0. The molecule has 0 amide bonds. The van der Waals surface area contributed by atoms with Crippen molar-refractivity contribution >= 4 is 0 Å². The smallest absolute Gasteiger partial charge is 0.0713 e. The lowest BCUT2D eigenvalue weighted by Gasteiger charge is -2.44. The fourth-order valence-corrected chi connectivity index (χ4v) is 2.93. The minimum absolute atomic E-state index is 0.00233. The Morgan fingerprint density at radius 3 is 2.79 bits per heavy atom. The van der Waals surface area contributed by atoms with Gasteiger partial charge in [0, 0.05) is 19.6 Å². The van der Waals surface area contributed by atoms with Crippen molar-refractivity contribution in [1.29, 1.82) is 0 Å². The molecule has 1 saturated heterocycles. The van der Waals surface area contributed by atoms with E-state index in [-0.39, 0.29) is 11.6 Å². The maximum absolute atomic E-state index is 5.70. The summed E-state index contributed by atoms with van der Waals surface area (Å²) in [6, 6.07) is 10.9. The molecule has 1 aromatic carbocycles. The lowest BCUT2D eigenvalue weighted by molar-refractivity contribution is 0.117. The maximum Gasteiger partial charge on any atom is 0.0713 e. The summed E-state index contributed by atoms with van der Waals surface area (Å²) in [6.45, 7) is 7.48. The molecule has 0 spiro atoms. The Bertz CT molecular complexity index is 434. The molecule has 1 fully saturated rings. The fraction of sp³-hybridized carbons (Fsp3) is 0.529. The zero-order valence-corrected chi connectivity index (χ0v) is 12.0. The van der Waals surface area contributed by atoms with Crippen LogP contribution in [0.3, 0.4) is 0 Å². The second-order valence-corrected chi connectivity index (χ2v) is 5.57. The molecule has 2 rings (SSSR count). The summed E-state index contributed by atoms with van der Waals surface area (Å²) < 4.78 is 0. The van der Waals surface area contributed by atoms with Crippen molar-refractivity contribution in [2.24, 2.45) is 0 Å². The van der Waals surface area contributed by atoms with Gasteiger partial charge in [-0.3, -0.25) is 4.90 Å². The van der Waals surface area contributed by atoms with Gasteiger partial charge in [0.2, 0.25) is 0 Å². The zero-order chi connectivity index (χ0) is 13.7. The van der Waals surface area contributed by atoms with Gasteiger partial charge in [0.25, 0.3) is 0 Å². The first-order chi connectivity index (χ1) is 9.19. The van der Waals surface area contributed by atoms with Crippen LogP contribution in [0.4, 0.5) is 0 Å². The number of benzene rings is 1. The first kappa shape index (κ1) is 14.1. The van der Waals surface area contributed by atoms with Gasteiger partial charge < -0.3 is 5.32 Å². The van der Waals surface area contributed by atoms with Crippen LogP contribution in [0.25, 0.3) is 0 Å². The number of piperazine rings is 1. The highest BCUT2D eigenvalue weighted by Crippen LogP contribution is 2.25. The Kier molecular flexibility index (Phi) is 4.63. The van der Waals surface area contributed by atoms with Crippen molar-refractivity contribution in [2.45, 2.75) is 38.3 Å². The van der Waals surface area contributed by atoms with Crippen LogP contribution in [0.15, 0.2) is 30.3 Å². The molecule has 0 saturated carbocycles. The van der Waals surface area contributed by atoms with Gasteiger partial charge in [-0.2, -0.15) is 0 Å². The minimum Gasteiger partial charge on any atom is -0.305 e. The standard InChI is InChI=1S/C17H24N2/c1-4-9-16(5-2)19-13-12-18-17(3,14-19)15-10-7-6-8-11-15/h2,6-8,10-11,16,18H,4,9,12-14H2,1,3H3. The van der Waals surface area contributed by atoms with E-state index in [1.807, 2.05) is 0 Å². The third-order valence-corrected chi connectivity index (χ3v) is 4.04. The van der Waals surface area contributed by atoms with Crippen LogP contribution in [0.5, 0.6) is 0 Å². The van der Waals surface area contributed by atoms with Crippen LogP contribution in [0.2, 0.25) is 0 Å². The number of nitrogens with one attached hydrogen (secondary N) is 1. The Hall–Kier alpha value is -1.30. The van der Waals surface area contributed by atoms with E-state index in [1.165, 1.54) is 5.56 Å². The average molecular weight is 256 g/mol. The highest BCUT2D eigenvalue weighted by Gasteiger charge is 2.34. The summed E-state index contributed by atoms with van der Waals surface area (Å²) in [5, 5.41) is 3.65. The van der Waals surface area contributed by atoms with Gasteiger partial charge >= 0.3 is 0 Å². The third-order valence-electron chi connectivity index (χ3n) is 4.04. The van der Waals surface area contributed by atoms with Crippen LogP contribution >= 0.6 is 0 Å². The van der Waals surface area contributed by atoms with Crippen LogP contribution in [0.1, 0.15) is 32.3 Å². The second kappa shape index (κ2) is 6.23. The van der Waals surface area contributed by atoms with E-state index in [0.717, 1.165) is 32.5 Å². The summed E-state index contributed by atoms with van der Waals surface area (Å²) >= 11 is 0. The average Bonchev–Trinajstić information content (AvgIpc) is 2.46. The van der Waals surface area contributed by atoms with Crippen molar-refractivity contribution < 1.29 is 0 Å². The van der Waals surface area contributed by atoms with E-state index in [4.69, 9.17) is 6.42 Å². The van der Waals surface area contributed by atoms with E-state index in [0.29, 0.717) is 0 Å². The monoisotopic (exact) mass is 256 g/mol. The predicted octanol–water partition coefficient (Wildman–Crippen LogP) is 2.61. The Morgan fingerprint density at radius 1 is 1.42 bits per heavy atom. The SMILES string of the molecule is C#CC(CCC)N1CCNC(C)(c2ccccc2)C1. The number of terminal acetylenes is 1. The van der Waals surface area contributed by atoms with Crippen LogP contribution in [-0.4, -0.2) is 30.6 Å². The number of hydrogen-bond acceptors (Lipinski definition) is 2. The molecule has 2 unspecified atom stereocenters. The van der Waals surface area contributed by atoms with Crippen molar-refractivity contribution in [2.75, 3.05) is 19.6 Å². The van der Waals surface area contributed by atoms with Gasteiger partial charge in [-0.25, -0.2) is 0 Å². The molecule has 0 aromatic heterocycles. The number of rotatable bonds is 4. The normalized spacial score (nSPS) is 25.7. The van der Waals surface area contributed by atoms with Crippen molar-refractivity contribution in [3.05, 3.63) is 35.9 Å². The van der Waals surface area contributed by atoms with Gasteiger partial charge in [-0.05, 0) is 18.9 Å². The molecule has 19 heavy (non-hydrogen) atoms. The van der Waals surface area contributed by atoms with Gasteiger partial charge in [-0.1, -0.05) is 49.6 Å². The Balaban J connectivity index is 2.14. The highest BCUT2D eigenvalue weighted by molar-refractivity contribution is 5.25. The van der Waals surface area contributed by atoms with Gasteiger partial charge in [0.05, 0.1) is 11.6 Å². The molecule has 1 aliphatic rings. The van der Waals surface area contributed by atoms with Crippen molar-refractivity contribution in [3.8, 4) is 12.3 Å². The molecular formula is C17H24N2. The molecule has 0 bridgehead atoms. The van der Waals surface area contributed by atoms with E-state index in [2.05, 4.69) is 60.3 Å². The number of hydrogen-bond donors (Lipinski definition) is 1. The molecule has 1 N–H and O–H groups in total. The number of nitrogens with zero attached hydrogens (tertiary/aromatic N) is 1. The molecule has 102 valence electrons. The lowest BCUT2D eigenvalue weighted by Crippen LogP contribution is -2.58. The maximum atomic E-state index is 5.70. The highest BCUT2D eigenvalue weighted by atomic mass is 15.2. The second-order valence-electron chi connectivity index (χ2n) is 5.57. The Labute approximate surface area is 117 Å². The van der Waals surface area contributed by atoms with Crippen molar-refractivity contribution in [3.63, 3.8) is 0 Å². The minimum atomic E-state index is 0.00233. The van der Waals surface area contributed by atoms with E-state index in [9.17, 15) is 0 Å². The molecule has 1 aliphatic heterocycles. The summed E-state index contributed by atoms with van der Waals surface area (Å²) in [5.74, 6) is 2.96. The molecule has 0 aliphatic carbocycles. The summed E-state index contributed by atoms with van der Waals surface area (Å²) in [7, 11) is 0. The first-order valence-corrected chi connectivity index (χ1v) is 7.20. The van der Waals surface area contributed by atoms with Crippen molar-refractivity contribution in [1.82, 2.24) is 10.2 Å². The molecule has 2 nitrogen and oxygen atoms in total. The first-order valence-electron chi connectivity index (χ1n) is 7.20. The topological polar surface area (TPSA) is 15.3 Å². The molecular weight excluding hydrogens is 232 g/mol. The van der Waals surface area contributed by atoms with Gasteiger partial charge in [0.15, 0.2) is 0 Å². The summed E-state index contributed by atoms with van der Waals surface area (Å²) in [4.78, 5) is 2.45. The Morgan fingerprint density at radius 2 is 2.16 bits per heavy atom. The molecule has 1 heterocycles. The van der Waals surface area contributed by atoms with E-state index < -0.39 is 0 Å². The predicted molar refractivity (Wildman–Crippen MR) is 80.9 cm³/mol. The van der Waals surface area contributed by atoms with Gasteiger partial charge in [-0.15, -0.1) is 6.42 Å². The van der Waals surface area contributed by atoms with E-state index in [1.54, 1.807) is 0 Å². The lowest BCUT2D eigenvalue weighted by atomic mass is 9.89. The third kappa shape index (κ3) is 3.18. The fourth-order valence-electron chi connectivity index (χ4n) is 2.93. The molecule has 2 atom stereocenters. The molecule has 0 radical (unpaired) electrons. The van der Waals surface area contributed by atoms with Crippen LogP contribution in [-0.2, 0) is 5.54 Å². The summed E-state index contributed by atoms with van der Waals surface area (Å²) in [6.07, 6.45) is 7.93. The largest absolute Gasteiger partial charge is 0.305 e.